The molecule has 0 aliphatic rings. The Morgan fingerprint density at radius 2 is 2.33 bits per heavy atom. The van der Waals surface area contributed by atoms with Crippen molar-refractivity contribution in [1.29, 1.82) is 0 Å². The molecule has 2 N–H and O–H groups in total. The molecule has 0 aliphatic carbocycles. The van der Waals surface area contributed by atoms with E-state index >= 15 is 0 Å². The summed E-state index contributed by atoms with van der Waals surface area (Å²) in [6.45, 7) is 0. The van der Waals surface area contributed by atoms with E-state index in [1.807, 2.05) is 0 Å². The van der Waals surface area contributed by atoms with Gasteiger partial charge in [0.25, 0.3) is 0 Å². The van der Waals surface area contributed by atoms with Crippen LogP contribution in [0.1, 0.15) is 0 Å². The molecule has 0 fully saturated rings. The molecule has 0 aromatic heterocycles. The fourth-order valence-electron chi connectivity index (χ4n) is 0.0676. The Kier molecular flexibility index (Phi) is 3.55. The molecule has 4 heteroatoms. The number of aliphatic hydroxyl groups excluding tert-OH is 1. The minimum absolute atomic E-state index is 0.0985. The van der Waals surface area contributed by atoms with Crippen molar-refractivity contribution in [2.24, 2.45) is 0 Å². The molecule has 0 saturated carbocycles. The van der Waals surface area contributed by atoms with Gasteiger partial charge in [-0.1, -0.05) is 0 Å². The topological polar surface area (TPSA) is 57.5 Å². The Hall–Kier alpha value is 0.229. The molecule has 0 atom stereocenters. The third-order valence-corrected chi connectivity index (χ3v) is 1.54. The first-order valence-electron chi connectivity index (χ1n) is 1.35. The second kappa shape index (κ2) is 3.42. The Morgan fingerprint density at radius 3 is 2.33 bits per heavy atom. The first kappa shape index (κ1) is 6.23. The molecular formula is C2H4O3Sn. The van der Waals surface area contributed by atoms with Crippen LogP contribution >= 0.6 is 0 Å². The van der Waals surface area contributed by atoms with E-state index in [0.717, 1.165) is 0 Å². The molecular weight excluding hydrogens is 191 g/mol. The zero-order valence-corrected chi connectivity index (χ0v) is 5.86. The van der Waals surface area contributed by atoms with Crippen molar-refractivity contribution in [1.82, 2.24) is 0 Å². The summed E-state index contributed by atoms with van der Waals surface area (Å²) in [5.74, 6) is 0. The van der Waals surface area contributed by atoms with Gasteiger partial charge >= 0.3 is 44.8 Å². The molecule has 0 rings (SSSR count). The molecule has 34 valence electrons. The molecule has 0 bridgehead atoms. The van der Waals surface area contributed by atoms with E-state index in [1.165, 1.54) is 0 Å². The van der Waals surface area contributed by atoms with Gasteiger partial charge in [0.05, 0.1) is 0 Å². The van der Waals surface area contributed by atoms with E-state index in [4.69, 9.17) is 10.2 Å². The molecule has 2 radical (unpaired) electrons. The third-order valence-electron chi connectivity index (χ3n) is 0.230. The normalized spacial score (nSPS) is 8.17. The van der Waals surface area contributed by atoms with Gasteiger partial charge in [0.2, 0.25) is 0 Å². The van der Waals surface area contributed by atoms with Crippen LogP contribution in [0.2, 0.25) is 0 Å². The van der Waals surface area contributed by atoms with Crippen LogP contribution < -0.4 is 0 Å². The summed E-state index contributed by atoms with van der Waals surface area (Å²) in [6.07, 6.45) is 0. The molecule has 0 aromatic rings. The van der Waals surface area contributed by atoms with E-state index in [1.54, 1.807) is 0 Å². The van der Waals surface area contributed by atoms with Crippen LogP contribution in [0.25, 0.3) is 0 Å². The number of aliphatic hydroxyl groups is 1. The van der Waals surface area contributed by atoms with E-state index in [0.29, 0.717) is 0 Å². The first-order valence-corrected chi connectivity index (χ1v) is 4.79. The van der Waals surface area contributed by atoms with Gasteiger partial charge in [0.1, 0.15) is 0 Å². The van der Waals surface area contributed by atoms with Crippen LogP contribution in [0.4, 0.5) is 4.79 Å². The van der Waals surface area contributed by atoms with Crippen molar-refractivity contribution in [2.45, 2.75) is 0 Å². The fourth-order valence-corrected chi connectivity index (χ4v) is 0.454. The van der Waals surface area contributed by atoms with E-state index in [-0.39, 0.29) is 4.62 Å². The van der Waals surface area contributed by atoms with Gasteiger partial charge in [-0.3, -0.25) is 0 Å². The molecule has 0 amide bonds. The quantitative estimate of drug-likeness (QED) is 0.573. The summed E-state index contributed by atoms with van der Waals surface area (Å²) in [5.41, 5.74) is 0. The first-order chi connectivity index (χ1) is 2.77. The third kappa shape index (κ3) is 4.23. The molecule has 3 nitrogen and oxygen atoms in total. The number of carboxylic acid groups (broad SMARTS) is 1. The van der Waals surface area contributed by atoms with Gasteiger partial charge < -0.3 is 0 Å². The maximum absolute atomic E-state index is 9.51. The molecule has 6 heavy (non-hydrogen) atoms. The zero-order chi connectivity index (χ0) is 4.99. The van der Waals surface area contributed by atoms with Crippen LogP contribution in [-0.4, -0.2) is 40.0 Å². The van der Waals surface area contributed by atoms with Crippen LogP contribution in [-0.2, 0) is 0 Å². The molecule has 0 heterocycles. The van der Waals surface area contributed by atoms with Crippen LogP contribution in [0.15, 0.2) is 0 Å². The molecule has 0 aromatic carbocycles. The minimum atomic E-state index is -1.40. The number of hydrogen-bond donors (Lipinski definition) is 2. The van der Waals surface area contributed by atoms with Crippen molar-refractivity contribution in [3.63, 3.8) is 0 Å². The number of hydrogen-bond acceptors (Lipinski definition) is 2. The van der Waals surface area contributed by atoms with Gasteiger partial charge in [-0.15, -0.1) is 0 Å². The summed E-state index contributed by atoms with van der Waals surface area (Å²) in [6, 6.07) is 0. The van der Waals surface area contributed by atoms with Crippen molar-refractivity contribution >= 4 is 25.1 Å². The monoisotopic (exact) mass is 196 g/mol. The van der Waals surface area contributed by atoms with E-state index in [2.05, 4.69) is 0 Å². The van der Waals surface area contributed by atoms with Crippen LogP contribution in [0, 0.1) is 0 Å². The SMILES string of the molecule is O=[C](O)[Sn][CH2]O. The molecule has 0 aliphatic heterocycles. The summed E-state index contributed by atoms with van der Waals surface area (Å²) in [5, 5.41) is 15.8. The van der Waals surface area contributed by atoms with E-state index < -0.39 is 25.1 Å². The molecule has 0 spiro atoms. The second-order valence-electron chi connectivity index (χ2n) is 0.640. The average molecular weight is 195 g/mol. The van der Waals surface area contributed by atoms with Gasteiger partial charge in [-0.05, 0) is 0 Å². The predicted molar refractivity (Wildman–Crippen MR) is 20.9 cm³/mol. The molecule has 0 unspecified atom stereocenters. The maximum atomic E-state index is 9.51. The standard InChI is InChI=1S/CHO2.CH3O.Sn/c2-1-3;1-2;/h(H,2,3);2H,1H2;. The van der Waals surface area contributed by atoms with Gasteiger partial charge in [0, 0.05) is 0 Å². The van der Waals surface area contributed by atoms with Crippen molar-refractivity contribution < 1.29 is 15.0 Å². The van der Waals surface area contributed by atoms with E-state index in [9.17, 15) is 4.79 Å². The Balaban J connectivity index is 2.83. The van der Waals surface area contributed by atoms with Gasteiger partial charge in [-0.25, -0.2) is 0 Å². The zero-order valence-electron chi connectivity index (χ0n) is 3.01. The Bertz CT molecular complexity index is 52.8. The number of rotatable bonds is 2. The summed E-state index contributed by atoms with van der Waals surface area (Å²) in [7, 11) is 0. The van der Waals surface area contributed by atoms with Crippen molar-refractivity contribution in [3.8, 4) is 0 Å². The van der Waals surface area contributed by atoms with Crippen LogP contribution in [0.5, 0.6) is 0 Å². The summed E-state index contributed by atoms with van der Waals surface area (Å²) in [4.78, 5) is 9.51. The van der Waals surface area contributed by atoms with Gasteiger partial charge in [0.15, 0.2) is 0 Å². The Morgan fingerprint density at radius 1 is 1.83 bits per heavy atom. The summed E-state index contributed by atoms with van der Waals surface area (Å²) < 4.78 is -0.889. The number of carbonyl (C=O) groups is 1. The second-order valence-corrected chi connectivity index (χ2v) is 3.77. The van der Waals surface area contributed by atoms with Gasteiger partial charge in [-0.2, -0.15) is 0 Å². The Labute approximate surface area is 45.2 Å². The molecule has 0 saturated heterocycles. The van der Waals surface area contributed by atoms with Crippen molar-refractivity contribution in [3.05, 3.63) is 0 Å². The summed E-state index contributed by atoms with van der Waals surface area (Å²) >= 11 is -1.40. The predicted octanol–water partition coefficient (Wildman–Crippen LogP) is -0.682. The van der Waals surface area contributed by atoms with Crippen LogP contribution in [0.3, 0.4) is 0 Å². The van der Waals surface area contributed by atoms with Crippen molar-refractivity contribution in [2.75, 3.05) is 4.62 Å². The fraction of sp³-hybridized carbons (Fsp3) is 0.500. The average Bonchev–Trinajstić information content (AvgIpc) is 1.35.